The predicted octanol–water partition coefficient (Wildman–Crippen LogP) is 2.63. The average molecular weight is 386 g/mol. The molecule has 0 spiro atoms. The molecule has 0 atom stereocenters. The van der Waals surface area contributed by atoms with Crippen molar-refractivity contribution in [2.45, 2.75) is 18.4 Å². The molecule has 144 valence electrons. The predicted molar refractivity (Wildman–Crippen MR) is 112 cm³/mol. The Labute approximate surface area is 165 Å². The Balaban J connectivity index is 1.87. The van der Waals surface area contributed by atoms with Crippen molar-refractivity contribution in [1.29, 1.82) is 0 Å². The first-order valence-electron chi connectivity index (χ1n) is 8.94. The van der Waals surface area contributed by atoms with Gasteiger partial charge in [0.25, 0.3) is 5.91 Å². The largest absolute Gasteiger partial charge is 0.357 e. The van der Waals surface area contributed by atoms with E-state index in [9.17, 15) is 4.79 Å². The molecule has 7 heteroatoms. The van der Waals surface area contributed by atoms with Gasteiger partial charge in [0, 0.05) is 44.0 Å². The third-order valence-corrected chi connectivity index (χ3v) is 4.60. The number of benzene rings is 1. The standard InChI is InChI=1S/C20H27N5OS/c1-4-22-20(25(2)15-16-7-9-18(27-3)10-8-16)24-13-12-23-19(26)17-6-5-11-21-14-17/h5-11,14H,4,12-13,15H2,1-3H3,(H,22,24)(H,23,26). The van der Waals surface area contributed by atoms with E-state index in [-0.39, 0.29) is 5.91 Å². The normalized spacial score (nSPS) is 11.1. The zero-order chi connectivity index (χ0) is 19.5. The lowest BCUT2D eigenvalue weighted by molar-refractivity contribution is 0.0954. The van der Waals surface area contributed by atoms with E-state index in [0.29, 0.717) is 18.7 Å². The fourth-order valence-electron chi connectivity index (χ4n) is 2.48. The zero-order valence-electron chi connectivity index (χ0n) is 16.1. The number of carbonyl (C=O) groups excluding carboxylic acids is 1. The summed E-state index contributed by atoms with van der Waals surface area (Å²) in [6.07, 6.45) is 5.27. The van der Waals surface area contributed by atoms with Gasteiger partial charge in [-0.2, -0.15) is 0 Å². The number of guanidine groups is 1. The van der Waals surface area contributed by atoms with Gasteiger partial charge in [0.1, 0.15) is 0 Å². The molecule has 0 saturated heterocycles. The first kappa shape index (κ1) is 20.8. The van der Waals surface area contributed by atoms with Gasteiger partial charge in [-0.05, 0) is 43.0 Å². The topological polar surface area (TPSA) is 69.6 Å². The van der Waals surface area contributed by atoms with E-state index in [4.69, 9.17) is 0 Å². The Hall–Kier alpha value is -2.54. The highest BCUT2D eigenvalue weighted by Crippen LogP contribution is 2.15. The van der Waals surface area contributed by atoms with Crippen molar-refractivity contribution in [3.8, 4) is 0 Å². The highest BCUT2D eigenvalue weighted by Gasteiger charge is 2.07. The Morgan fingerprint density at radius 3 is 2.63 bits per heavy atom. The van der Waals surface area contributed by atoms with E-state index in [0.717, 1.165) is 19.0 Å². The highest BCUT2D eigenvalue weighted by atomic mass is 32.2. The minimum absolute atomic E-state index is 0.134. The van der Waals surface area contributed by atoms with Crippen molar-refractivity contribution in [2.24, 2.45) is 4.99 Å². The molecule has 0 radical (unpaired) electrons. The van der Waals surface area contributed by atoms with E-state index in [1.807, 2.05) is 14.0 Å². The number of amides is 1. The van der Waals surface area contributed by atoms with Crippen molar-refractivity contribution in [1.82, 2.24) is 20.5 Å². The van der Waals surface area contributed by atoms with Gasteiger partial charge in [0.2, 0.25) is 0 Å². The number of aliphatic imine (C=N–C) groups is 1. The average Bonchev–Trinajstić information content (AvgIpc) is 2.71. The fraction of sp³-hybridized carbons (Fsp3) is 0.350. The Bertz CT molecular complexity index is 734. The third-order valence-electron chi connectivity index (χ3n) is 3.86. The van der Waals surface area contributed by atoms with Crippen LogP contribution in [0.25, 0.3) is 0 Å². The van der Waals surface area contributed by atoms with E-state index in [1.54, 1.807) is 36.3 Å². The quantitative estimate of drug-likeness (QED) is 0.316. The van der Waals surface area contributed by atoms with Gasteiger partial charge >= 0.3 is 0 Å². The number of nitrogens with zero attached hydrogens (tertiary/aromatic N) is 3. The van der Waals surface area contributed by atoms with Crippen molar-refractivity contribution < 1.29 is 4.79 Å². The summed E-state index contributed by atoms with van der Waals surface area (Å²) in [6.45, 7) is 4.57. The first-order valence-corrected chi connectivity index (χ1v) is 10.2. The zero-order valence-corrected chi connectivity index (χ0v) is 16.9. The number of hydrogen-bond donors (Lipinski definition) is 2. The second-order valence-corrected chi connectivity index (χ2v) is 6.82. The lowest BCUT2D eigenvalue weighted by Crippen LogP contribution is -2.39. The van der Waals surface area contributed by atoms with Crippen LogP contribution >= 0.6 is 11.8 Å². The van der Waals surface area contributed by atoms with Crippen LogP contribution in [0.2, 0.25) is 0 Å². The summed E-state index contributed by atoms with van der Waals surface area (Å²) in [5.74, 6) is 0.688. The Morgan fingerprint density at radius 1 is 1.22 bits per heavy atom. The first-order chi connectivity index (χ1) is 13.1. The maximum atomic E-state index is 12.0. The summed E-state index contributed by atoms with van der Waals surface area (Å²) in [5, 5.41) is 6.16. The molecule has 27 heavy (non-hydrogen) atoms. The molecule has 1 aromatic heterocycles. The summed E-state index contributed by atoms with van der Waals surface area (Å²) >= 11 is 1.74. The second kappa shape index (κ2) is 11.2. The minimum atomic E-state index is -0.134. The minimum Gasteiger partial charge on any atom is -0.357 e. The van der Waals surface area contributed by atoms with Gasteiger partial charge in [-0.3, -0.25) is 14.8 Å². The Morgan fingerprint density at radius 2 is 2.00 bits per heavy atom. The van der Waals surface area contributed by atoms with Gasteiger partial charge in [-0.1, -0.05) is 12.1 Å². The van der Waals surface area contributed by atoms with Crippen LogP contribution in [0.4, 0.5) is 0 Å². The molecule has 0 saturated carbocycles. The maximum Gasteiger partial charge on any atom is 0.252 e. The second-order valence-electron chi connectivity index (χ2n) is 5.94. The monoisotopic (exact) mass is 385 g/mol. The van der Waals surface area contributed by atoms with E-state index in [1.165, 1.54) is 10.5 Å². The van der Waals surface area contributed by atoms with Gasteiger partial charge in [0.05, 0.1) is 12.1 Å². The number of carbonyl (C=O) groups is 1. The summed E-state index contributed by atoms with van der Waals surface area (Å²) in [4.78, 5) is 23.9. The molecular weight excluding hydrogens is 358 g/mol. The van der Waals surface area contributed by atoms with Gasteiger partial charge in [-0.25, -0.2) is 0 Å². The van der Waals surface area contributed by atoms with E-state index in [2.05, 4.69) is 56.0 Å². The summed E-state index contributed by atoms with van der Waals surface area (Å²) in [5.41, 5.74) is 1.78. The van der Waals surface area contributed by atoms with Crippen LogP contribution in [-0.2, 0) is 6.54 Å². The molecule has 6 nitrogen and oxygen atoms in total. The molecule has 1 heterocycles. The maximum absolute atomic E-state index is 12.0. The molecule has 0 aliphatic heterocycles. The van der Waals surface area contributed by atoms with Crippen molar-refractivity contribution in [2.75, 3.05) is 32.9 Å². The van der Waals surface area contributed by atoms with Gasteiger partial charge in [0.15, 0.2) is 5.96 Å². The molecule has 2 N–H and O–H groups in total. The molecule has 0 fully saturated rings. The van der Waals surface area contributed by atoms with Crippen LogP contribution in [0.1, 0.15) is 22.8 Å². The Kier molecular flexibility index (Phi) is 8.64. The molecule has 2 aromatic rings. The van der Waals surface area contributed by atoms with Crippen molar-refractivity contribution in [3.63, 3.8) is 0 Å². The van der Waals surface area contributed by atoms with Crippen LogP contribution in [0.5, 0.6) is 0 Å². The molecule has 0 aliphatic rings. The van der Waals surface area contributed by atoms with Crippen LogP contribution in [0, 0.1) is 0 Å². The number of rotatable bonds is 8. The number of thioether (sulfide) groups is 1. The SMILES string of the molecule is CCNC(=NCCNC(=O)c1cccnc1)N(C)Cc1ccc(SC)cc1. The summed E-state index contributed by atoms with van der Waals surface area (Å²) in [7, 11) is 2.01. The van der Waals surface area contributed by atoms with E-state index < -0.39 is 0 Å². The fourth-order valence-corrected chi connectivity index (χ4v) is 2.89. The van der Waals surface area contributed by atoms with Crippen LogP contribution in [-0.4, -0.2) is 54.7 Å². The van der Waals surface area contributed by atoms with Crippen LogP contribution in [0.15, 0.2) is 58.7 Å². The summed E-state index contributed by atoms with van der Waals surface area (Å²) in [6, 6.07) is 12.0. The lowest BCUT2D eigenvalue weighted by atomic mass is 10.2. The molecule has 0 bridgehead atoms. The molecular formula is C20H27N5OS. The highest BCUT2D eigenvalue weighted by molar-refractivity contribution is 7.98. The number of nitrogens with one attached hydrogen (secondary N) is 2. The van der Waals surface area contributed by atoms with Gasteiger partial charge < -0.3 is 15.5 Å². The number of hydrogen-bond acceptors (Lipinski definition) is 4. The molecule has 1 amide bonds. The van der Waals surface area contributed by atoms with E-state index >= 15 is 0 Å². The molecule has 0 aliphatic carbocycles. The lowest BCUT2D eigenvalue weighted by Gasteiger charge is -2.22. The smallest absolute Gasteiger partial charge is 0.252 e. The third kappa shape index (κ3) is 6.94. The van der Waals surface area contributed by atoms with Gasteiger partial charge in [-0.15, -0.1) is 11.8 Å². The van der Waals surface area contributed by atoms with Crippen molar-refractivity contribution >= 4 is 23.6 Å². The van der Waals surface area contributed by atoms with Crippen molar-refractivity contribution in [3.05, 3.63) is 59.9 Å². The molecule has 1 aromatic carbocycles. The number of pyridine rings is 1. The van der Waals surface area contributed by atoms with Crippen LogP contribution in [0.3, 0.4) is 0 Å². The summed E-state index contributed by atoms with van der Waals surface area (Å²) < 4.78 is 0. The molecule has 0 unspecified atom stereocenters. The molecule has 2 rings (SSSR count). The van der Waals surface area contributed by atoms with Crippen LogP contribution < -0.4 is 10.6 Å². The number of aromatic nitrogens is 1.